The van der Waals surface area contributed by atoms with E-state index in [9.17, 15) is 8.42 Å². The SMILES string of the molecule is COc1ccc(Nc2nc(Nc3ccc(OCCO)cc3OC)ncc2Cl)c(NS(C)(=O)=O)c1. The van der Waals surface area contributed by atoms with E-state index in [1.807, 2.05) is 0 Å². The van der Waals surface area contributed by atoms with E-state index in [4.69, 9.17) is 30.9 Å². The monoisotopic (exact) mass is 509 g/mol. The zero-order chi connectivity index (χ0) is 24.7. The third-order valence-electron chi connectivity index (χ3n) is 4.30. The van der Waals surface area contributed by atoms with Crippen LogP contribution in [0, 0.1) is 0 Å². The Kier molecular flexibility index (Phi) is 8.21. The number of benzene rings is 2. The van der Waals surface area contributed by atoms with E-state index in [1.165, 1.54) is 26.5 Å². The molecule has 1 aromatic heterocycles. The molecule has 4 N–H and O–H groups in total. The predicted molar refractivity (Wildman–Crippen MR) is 131 cm³/mol. The molecule has 1 heterocycles. The van der Waals surface area contributed by atoms with E-state index in [0.717, 1.165) is 6.26 Å². The van der Waals surface area contributed by atoms with Gasteiger partial charge in [-0.2, -0.15) is 4.98 Å². The molecule has 0 aliphatic rings. The minimum atomic E-state index is -3.55. The van der Waals surface area contributed by atoms with Crippen molar-refractivity contribution in [2.24, 2.45) is 0 Å². The van der Waals surface area contributed by atoms with Crippen LogP contribution in [0.1, 0.15) is 0 Å². The number of hydrogen-bond donors (Lipinski definition) is 4. The van der Waals surface area contributed by atoms with Crippen molar-refractivity contribution in [1.82, 2.24) is 9.97 Å². The number of anilines is 5. The van der Waals surface area contributed by atoms with Gasteiger partial charge in [0.2, 0.25) is 16.0 Å². The number of sulfonamides is 1. The molecule has 2 aromatic carbocycles. The molecule has 0 unspecified atom stereocenters. The largest absolute Gasteiger partial charge is 0.497 e. The third-order valence-corrected chi connectivity index (χ3v) is 5.17. The predicted octanol–water partition coefficient (Wildman–Crippen LogP) is 3.38. The molecule has 0 bridgehead atoms. The van der Waals surface area contributed by atoms with Gasteiger partial charge in [-0.1, -0.05) is 11.6 Å². The van der Waals surface area contributed by atoms with Crippen LogP contribution in [0.2, 0.25) is 5.02 Å². The van der Waals surface area contributed by atoms with Crippen LogP contribution < -0.4 is 29.6 Å². The van der Waals surface area contributed by atoms with E-state index >= 15 is 0 Å². The molecular weight excluding hydrogens is 486 g/mol. The normalized spacial score (nSPS) is 11.0. The van der Waals surface area contributed by atoms with Gasteiger partial charge in [0.1, 0.15) is 28.9 Å². The zero-order valence-electron chi connectivity index (χ0n) is 18.6. The summed E-state index contributed by atoms with van der Waals surface area (Å²) in [6, 6.07) is 9.90. The number of nitrogens with one attached hydrogen (secondary N) is 3. The lowest BCUT2D eigenvalue weighted by molar-refractivity contribution is 0.201. The van der Waals surface area contributed by atoms with Crippen LogP contribution in [0.5, 0.6) is 17.2 Å². The Morgan fingerprint density at radius 2 is 1.74 bits per heavy atom. The smallest absolute Gasteiger partial charge is 0.229 e. The Morgan fingerprint density at radius 3 is 2.41 bits per heavy atom. The molecule has 0 aliphatic carbocycles. The van der Waals surface area contributed by atoms with Crippen molar-refractivity contribution < 1.29 is 27.7 Å². The zero-order valence-corrected chi connectivity index (χ0v) is 20.2. The topological polar surface area (TPSA) is 144 Å². The Hall–Kier alpha value is -3.48. The summed E-state index contributed by atoms with van der Waals surface area (Å²) in [5, 5.41) is 15.2. The Balaban J connectivity index is 1.88. The molecule has 0 amide bonds. The van der Waals surface area contributed by atoms with Crippen molar-refractivity contribution in [3.05, 3.63) is 47.6 Å². The minimum Gasteiger partial charge on any atom is -0.497 e. The molecule has 0 atom stereocenters. The molecule has 34 heavy (non-hydrogen) atoms. The summed E-state index contributed by atoms with van der Waals surface area (Å²) in [6.45, 7) is 0.0547. The van der Waals surface area contributed by atoms with Crippen LogP contribution in [0.15, 0.2) is 42.6 Å². The standard InChI is InChI=1S/C21H24ClN5O6S/c1-31-13-4-6-16(18(10-13)27-34(3,29)30)24-20-15(22)12-23-21(26-20)25-17-7-5-14(33-9-8-28)11-19(17)32-2/h4-7,10-12,27-28H,8-9H2,1-3H3,(H2,23,24,25,26). The van der Waals surface area contributed by atoms with Crippen LogP contribution in [0.25, 0.3) is 0 Å². The summed E-state index contributed by atoms with van der Waals surface area (Å²) < 4.78 is 42.0. The van der Waals surface area contributed by atoms with Crippen LogP contribution >= 0.6 is 11.6 Å². The van der Waals surface area contributed by atoms with Gasteiger partial charge >= 0.3 is 0 Å². The summed E-state index contributed by atoms with van der Waals surface area (Å²) in [5.74, 6) is 1.91. The number of aliphatic hydroxyl groups excluding tert-OH is 1. The van der Waals surface area contributed by atoms with Gasteiger partial charge in [-0.05, 0) is 24.3 Å². The van der Waals surface area contributed by atoms with Gasteiger partial charge in [0.15, 0.2) is 5.82 Å². The van der Waals surface area contributed by atoms with Crippen LogP contribution in [-0.2, 0) is 10.0 Å². The highest BCUT2D eigenvalue weighted by Gasteiger charge is 2.14. The molecule has 3 rings (SSSR count). The lowest BCUT2D eigenvalue weighted by Crippen LogP contribution is -2.11. The minimum absolute atomic E-state index is 0.105. The average Bonchev–Trinajstić information content (AvgIpc) is 2.80. The maximum Gasteiger partial charge on any atom is 0.229 e. The third kappa shape index (κ3) is 6.76. The van der Waals surface area contributed by atoms with Crippen molar-refractivity contribution >= 4 is 50.5 Å². The first kappa shape index (κ1) is 25.1. The van der Waals surface area contributed by atoms with Crippen LogP contribution in [0.3, 0.4) is 0 Å². The quantitative estimate of drug-likeness (QED) is 0.303. The molecule has 0 saturated carbocycles. The van der Waals surface area contributed by atoms with E-state index in [-0.39, 0.29) is 35.7 Å². The van der Waals surface area contributed by atoms with Crippen molar-refractivity contribution in [3.63, 3.8) is 0 Å². The highest BCUT2D eigenvalue weighted by Crippen LogP contribution is 2.34. The van der Waals surface area contributed by atoms with Crippen molar-refractivity contribution in [3.8, 4) is 17.2 Å². The Bertz CT molecular complexity index is 1260. The molecule has 0 fully saturated rings. The van der Waals surface area contributed by atoms with Crippen molar-refractivity contribution in [2.75, 3.05) is 49.0 Å². The molecular formula is C21H24ClN5O6S. The van der Waals surface area contributed by atoms with E-state index in [2.05, 4.69) is 25.3 Å². The molecule has 13 heteroatoms. The van der Waals surface area contributed by atoms with Crippen molar-refractivity contribution in [1.29, 1.82) is 0 Å². The van der Waals surface area contributed by atoms with E-state index < -0.39 is 10.0 Å². The van der Waals surface area contributed by atoms with Gasteiger partial charge in [-0.15, -0.1) is 0 Å². The number of nitrogens with zero attached hydrogens (tertiary/aromatic N) is 2. The number of hydrogen-bond acceptors (Lipinski definition) is 10. The number of methoxy groups -OCH3 is 2. The average molecular weight is 510 g/mol. The summed E-state index contributed by atoms with van der Waals surface area (Å²) in [4.78, 5) is 8.58. The highest BCUT2D eigenvalue weighted by atomic mass is 35.5. The fourth-order valence-corrected chi connectivity index (χ4v) is 3.54. The van der Waals surface area contributed by atoms with Crippen LogP contribution in [0.4, 0.5) is 28.8 Å². The summed E-state index contributed by atoms with van der Waals surface area (Å²) in [5.41, 5.74) is 1.22. The Morgan fingerprint density at radius 1 is 1.00 bits per heavy atom. The molecule has 0 radical (unpaired) electrons. The van der Waals surface area contributed by atoms with Gasteiger partial charge in [0.05, 0.1) is 50.3 Å². The van der Waals surface area contributed by atoms with E-state index in [0.29, 0.717) is 28.6 Å². The van der Waals surface area contributed by atoms with Gasteiger partial charge < -0.3 is 30.0 Å². The number of aliphatic hydroxyl groups is 1. The lowest BCUT2D eigenvalue weighted by Gasteiger charge is -2.16. The van der Waals surface area contributed by atoms with Gasteiger partial charge in [-0.25, -0.2) is 13.4 Å². The molecule has 3 aromatic rings. The molecule has 0 saturated heterocycles. The first-order chi connectivity index (χ1) is 16.2. The number of rotatable bonds is 11. The summed E-state index contributed by atoms with van der Waals surface area (Å²) in [7, 11) is -0.571. The van der Waals surface area contributed by atoms with E-state index in [1.54, 1.807) is 30.3 Å². The molecule has 182 valence electrons. The second-order valence-corrected chi connectivity index (χ2v) is 9.02. The Labute approximate surface area is 202 Å². The second kappa shape index (κ2) is 11.1. The second-order valence-electron chi connectivity index (χ2n) is 6.86. The summed E-state index contributed by atoms with van der Waals surface area (Å²) in [6.07, 6.45) is 2.45. The van der Waals surface area contributed by atoms with Crippen LogP contribution in [-0.4, -0.2) is 57.2 Å². The number of halogens is 1. The van der Waals surface area contributed by atoms with Gasteiger partial charge in [0.25, 0.3) is 0 Å². The lowest BCUT2D eigenvalue weighted by atomic mass is 10.2. The van der Waals surface area contributed by atoms with Gasteiger partial charge in [0, 0.05) is 12.1 Å². The summed E-state index contributed by atoms with van der Waals surface area (Å²) >= 11 is 6.28. The first-order valence-corrected chi connectivity index (χ1v) is 12.1. The first-order valence-electron chi connectivity index (χ1n) is 9.86. The fourth-order valence-electron chi connectivity index (χ4n) is 2.83. The molecule has 11 nitrogen and oxygen atoms in total. The number of ether oxygens (including phenoxy) is 3. The van der Waals surface area contributed by atoms with Crippen molar-refractivity contribution in [2.45, 2.75) is 0 Å². The fraction of sp³-hybridized carbons (Fsp3) is 0.238. The molecule has 0 spiro atoms. The van der Waals surface area contributed by atoms with Gasteiger partial charge in [-0.3, -0.25) is 4.72 Å². The maximum atomic E-state index is 11.8. The number of aromatic nitrogens is 2. The maximum absolute atomic E-state index is 11.8. The molecule has 0 aliphatic heterocycles. The highest BCUT2D eigenvalue weighted by molar-refractivity contribution is 7.92.